The van der Waals surface area contributed by atoms with Crippen molar-refractivity contribution in [3.63, 3.8) is 0 Å². The molecule has 0 aromatic carbocycles. The lowest BCUT2D eigenvalue weighted by Gasteiger charge is -2.26. The molecule has 7 heteroatoms. The lowest BCUT2D eigenvalue weighted by molar-refractivity contribution is 0.315. The maximum atomic E-state index is 12.3. The number of oxime groups is 1. The molecule has 0 aromatic rings. The van der Waals surface area contributed by atoms with Crippen molar-refractivity contribution in [2.75, 3.05) is 18.8 Å². The number of hydrogen-bond acceptors (Lipinski definition) is 4. The van der Waals surface area contributed by atoms with E-state index in [4.69, 9.17) is 10.9 Å². The predicted octanol–water partition coefficient (Wildman–Crippen LogP) is 1.35. The average molecular weight is 291 g/mol. The summed E-state index contributed by atoms with van der Waals surface area (Å²) in [4.78, 5) is 0. The van der Waals surface area contributed by atoms with Gasteiger partial charge in [0, 0.05) is 19.5 Å². The van der Waals surface area contributed by atoms with E-state index in [1.54, 1.807) is 0 Å². The van der Waals surface area contributed by atoms with Crippen LogP contribution in [0.15, 0.2) is 5.16 Å². The van der Waals surface area contributed by atoms with E-state index in [-0.39, 0.29) is 30.5 Å². The Hall–Kier alpha value is -0.820. The van der Waals surface area contributed by atoms with Gasteiger partial charge in [-0.1, -0.05) is 31.3 Å². The highest BCUT2D eigenvalue weighted by Crippen LogP contribution is 2.25. The SMILES string of the molecule is CCN(CC/C(N)=N/O)S(=O)(=O)CC1CCCCC1. The van der Waals surface area contributed by atoms with Gasteiger partial charge in [0.25, 0.3) is 0 Å². The van der Waals surface area contributed by atoms with Gasteiger partial charge in [-0.2, -0.15) is 0 Å². The fourth-order valence-corrected chi connectivity index (χ4v) is 4.44. The van der Waals surface area contributed by atoms with Crippen LogP contribution >= 0.6 is 0 Å². The molecule has 0 aromatic heterocycles. The van der Waals surface area contributed by atoms with Gasteiger partial charge in [0.05, 0.1) is 5.75 Å². The third-order valence-corrected chi connectivity index (χ3v) is 5.78. The fraction of sp³-hybridized carbons (Fsp3) is 0.917. The van der Waals surface area contributed by atoms with Crippen molar-refractivity contribution in [2.45, 2.75) is 45.4 Å². The molecule has 0 radical (unpaired) electrons. The Morgan fingerprint density at radius 3 is 2.53 bits per heavy atom. The van der Waals surface area contributed by atoms with Crippen LogP contribution in [0.25, 0.3) is 0 Å². The highest BCUT2D eigenvalue weighted by Gasteiger charge is 2.26. The molecule has 0 spiro atoms. The summed E-state index contributed by atoms with van der Waals surface area (Å²) in [5.74, 6) is 0.583. The zero-order chi connectivity index (χ0) is 14.3. The molecule has 0 saturated heterocycles. The summed E-state index contributed by atoms with van der Waals surface area (Å²) in [5, 5.41) is 11.3. The minimum atomic E-state index is -3.23. The first-order chi connectivity index (χ1) is 8.99. The lowest BCUT2D eigenvalue weighted by atomic mass is 9.91. The molecule has 1 fully saturated rings. The largest absolute Gasteiger partial charge is 0.409 e. The molecule has 6 nitrogen and oxygen atoms in total. The first-order valence-electron chi connectivity index (χ1n) is 6.93. The van der Waals surface area contributed by atoms with E-state index in [1.165, 1.54) is 10.7 Å². The van der Waals surface area contributed by atoms with Crippen LogP contribution < -0.4 is 5.73 Å². The number of nitrogens with zero attached hydrogens (tertiary/aromatic N) is 2. The number of hydrogen-bond donors (Lipinski definition) is 2. The summed E-state index contributed by atoms with van der Waals surface area (Å²) in [6.45, 7) is 2.51. The van der Waals surface area contributed by atoms with E-state index in [9.17, 15) is 8.42 Å². The summed E-state index contributed by atoms with van der Waals surface area (Å²) >= 11 is 0. The van der Waals surface area contributed by atoms with E-state index < -0.39 is 10.0 Å². The second-order valence-electron chi connectivity index (χ2n) is 5.12. The van der Waals surface area contributed by atoms with Crippen LogP contribution in [0, 0.1) is 5.92 Å². The summed E-state index contributed by atoms with van der Waals surface area (Å²) in [6.07, 6.45) is 5.77. The second kappa shape index (κ2) is 7.69. The van der Waals surface area contributed by atoms with Crippen LogP contribution in [0.3, 0.4) is 0 Å². The molecule has 0 bridgehead atoms. The molecule has 0 atom stereocenters. The minimum Gasteiger partial charge on any atom is -0.409 e. The van der Waals surface area contributed by atoms with Crippen LogP contribution in [-0.2, 0) is 10.0 Å². The van der Waals surface area contributed by atoms with E-state index in [2.05, 4.69) is 5.16 Å². The Bertz CT molecular complexity index is 389. The monoisotopic (exact) mass is 291 g/mol. The van der Waals surface area contributed by atoms with Crippen molar-refractivity contribution in [3.05, 3.63) is 0 Å². The molecule has 112 valence electrons. The summed E-state index contributed by atoms with van der Waals surface area (Å²) in [7, 11) is -3.23. The Balaban J connectivity index is 2.56. The molecule has 19 heavy (non-hydrogen) atoms. The van der Waals surface area contributed by atoms with Crippen LogP contribution in [0.5, 0.6) is 0 Å². The molecule has 1 aliphatic rings. The standard InChI is InChI=1S/C12H25N3O3S/c1-2-15(9-8-12(13)14-16)19(17,18)10-11-6-4-3-5-7-11/h11,16H,2-10H2,1H3,(H2,13,14). The minimum absolute atomic E-state index is 0.0614. The Kier molecular flexibility index (Phi) is 6.57. The zero-order valence-electron chi connectivity index (χ0n) is 11.6. The maximum absolute atomic E-state index is 12.3. The summed E-state index contributed by atoms with van der Waals surface area (Å²) in [6, 6.07) is 0. The molecular formula is C12H25N3O3S. The first-order valence-corrected chi connectivity index (χ1v) is 8.54. The molecular weight excluding hydrogens is 266 g/mol. The van der Waals surface area contributed by atoms with Crippen molar-refractivity contribution in [3.8, 4) is 0 Å². The van der Waals surface area contributed by atoms with Gasteiger partial charge in [-0.15, -0.1) is 0 Å². The van der Waals surface area contributed by atoms with Gasteiger partial charge in [-0.25, -0.2) is 12.7 Å². The molecule has 0 unspecified atom stereocenters. The van der Waals surface area contributed by atoms with Gasteiger partial charge in [-0.3, -0.25) is 0 Å². The highest BCUT2D eigenvalue weighted by molar-refractivity contribution is 7.89. The fourth-order valence-electron chi connectivity index (χ4n) is 2.54. The first kappa shape index (κ1) is 16.2. The Labute approximate surface area is 115 Å². The van der Waals surface area contributed by atoms with E-state index in [0.717, 1.165) is 25.7 Å². The molecule has 0 aliphatic heterocycles. The quantitative estimate of drug-likeness (QED) is 0.320. The molecule has 0 heterocycles. The number of amidine groups is 1. The van der Waals surface area contributed by atoms with Crippen LogP contribution in [0.2, 0.25) is 0 Å². The average Bonchev–Trinajstić information content (AvgIpc) is 2.39. The predicted molar refractivity (Wildman–Crippen MR) is 75.6 cm³/mol. The van der Waals surface area contributed by atoms with E-state index >= 15 is 0 Å². The van der Waals surface area contributed by atoms with Gasteiger partial charge in [0.15, 0.2) is 0 Å². The Morgan fingerprint density at radius 1 is 1.37 bits per heavy atom. The molecule has 1 rings (SSSR count). The van der Waals surface area contributed by atoms with E-state index in [0.29, 0.717) is 6.54 Å². The van der Waals surface area contributed by atoms with Crippen molar-refractivity contribution < 1.29 is 13.6 Å². The van der Waals surface area contributed by atoms with Crippen molar-refractivity contribution in [1.29, 1.82) is 0 Å². The second-order valence-corrected chi connectivity index (χ2v) is 7.13. The number of rotatable bonds is 7. The van der Waals surface area contributed by atoms with Gasteiger partial charge in [0.1, 0.15) is 5.84 Å². The van der Waals surface area contributed by atoms with Crippen molar-refractivity contribution >= 4 is 15.9 Å². The smallest absolute Gasteiger partial charge is 0.214 e. The van der Waals surface area contributed by atoms with E-state index in [1.807, 2.05) is 6.92 Å². The van der Waals surface area contributed by atoms with Crippen molar-refractivity contribution in [2.24, 2.45) is 16.8 Å². The third kappa shape index (κ3) is 5.36. The van der Waals surface area contributed by atoms with Crippen molar-refractivity contribution in [1.82, 2.24) is 4.31 Å². The molecule has 3 N–H and O–H groups in total. The summed E-state index contributed by atoms with van der Waals surface area (Å²) < 4.78 is 26.1. The van der Waals surface area contributed by atoms with Crippen LogP contribution in [-0.4, -0.2) is 42.6 Å². The van der Waals surface area contributed by atoms with Gasteiger partial charge in [0.2, 0.25) is 10.0 Å². The lowest BCUT2D eigenvalue weighted by Crippen LogP contribution is -2.37. The maximum Gasteiger partial charge on any atom is 0.214 e. The molecule has 1 saturated carbocycles. The topological polar surface area (TPSA) is 96.0 Å². The normalized spacial score (nSPS) is 18.9. The highest BCUT2D eigenvalue weighted by atomic mass is 32.2. The van der Waals surface area contributed by atoms with Crippen LogP contribution in [0.4, 0.5) is 0 Å². The molecule has 1 aliphatic carbocycles. The summed E-state index contributed by atoms with van der Waals surface area (Å²) in [5.41, 5.74) is 5.38. The van der Waals surface area contributed by atoms with Gasteiger partial charge >= 0.3 is 0 Å². The van der Waals surface area contributed by atoms with Gasteiger partial charge < -0.3 is 10.9 Å². The van der Waals surface area contributed by atoms with Gasteiger partial charge in [-0.05, 0) is 18.8 Å². The van der Waals surface area contributed by atoms with Crippen LogP contribution in [0.1, 0.15) is 45.4 Å². The zero-order valence-corrected chi connectivity index (χ0v) is 12.4. The molecule has 0 amide bonds. The third-order valence-electron chi connectivity index (χ3n) is 3.66. The Morgan fingerprint density at radius 2 is 2.00 bits per heavy atom. The number of nitrogens with two attached hydrogens (primary N) is 1. The number of sulfonamides is 1.